The normalized spacial score (nSPS) is 10.5. The number of amides is 1. The monoisotopic (exact) mass is 449 g/mol. The average Bonchev–Trinajstić information content (AvgIpc) is 3.10. The summed E-state index contributed by atoms with van der Waals surface area (Å²) in [6.45, 7) is 0.114. The summed E-state index contributed by atoms with van der Waals surface area (Å²) in [6, 6.07) is 12.1. The summed E-state index contributed by atoms with van der Waals surface area (Å²) < 4.78 is 17.3. The van der Waals surface area contributed by atoms with Gasteiger partial charge < -0.3 is 25.4 Å². The number of carbonyl (C=O) groups excluding carboxylic acids is 1. The molecule has 0 saturated heterocycles. The van der Waals surface area contributed by atoms with Gasteiger partial charge in [0.15, 0.2) is 5.82 Å². The zero-order valence-electron chi connectivity index (χ0n) is 16.3. The molecule has 158 valence electrons. The number of hydrogen-bond donors (Lipinski definition) is 2. The highest BCUT2D eigenvalue weighted by Gasteiger charge is 2.14. The van der Waals surface area contributed by atoms with Crippen LogP contribution in [0.4, 0.5) is 5.69 Å². The Bertz CT molecular complexity index is 1030. The molecule has 0 bridgehead atoms. The van der Waals surface area contributed by atoms with Crippen LogP contribution in [0, 0.1) is 0 Å². The van der Waals surface area contributed by atoms with Crippen LogP contribution in [0.3, 0.4) is 0 Å². The first-order valence-corrected chi connectivity index (χ1v) is 10.1. The Kier molecular flexibility index (Phi) is 7.26. The van der Waals surface area contributed by atoms with Crippen LogP contribution in [0.1, 0.15) is 5.82 Å². The van der Waals surface area contributed by atoms with E-state index in [1.165, 1.54) is 11.8 Å². The van der Waals surface area contributed by atoms with Crippen molar-refractivity contribution in [3.8, 4) is 17.2 Å². The molecule has 0 aliphatic heterocycles. The third kappa shape index (κ3) is 5.49. The predicted octanol–water partition coefficient (Wildman–Crippen LogP) is 2.97. The van der Waals surface area contributed by atoms with E-state index in [0.717, 1.165) is 11.8 Å². The minimum atomic E-state index is -0.266. The highest BCUT2D eigenvalue weighted by molar-refractivity contribution is 7.99. The number of halogens is 1. The summed E-state index contributed by atoms with van der Waals surface area (Å²) in [4.78, 5) is 12.3. The molecule has 3 N–H and O–H groups in total. The highest BCUT2D eigenvalue weighted by Crippen LogP contribution is 2.28. The number of anilines is 1. The van der Waals surface area contributed by atoms with E-state index in [-0.39, 0.29) is 18.3 Å². The molecule has 3 aromatic rings. The van der Waals surface area contributed by atoms with E-state index < -0.39 is 0 Å². The lowest BCUT2D eigenvalue weighted by molar-refractivity contribution is -0.113. The van der Waals surface area contributed by atoms with Crippen molar-refractivity contribution in [3.05, 3.63) is 53.3 Å². The summed E-state index contributed by atoms with van der Waals surface area (Å²) in [5.41, 5.74) is 0.484. The quantitative estimate of drug-likeness (QED) is 0.378. The van der Waals surface area contributed by atoms with Gasteiger partial charge in [-0.3, -0.25) is 4.79 Å². The van der Waals surface area contributed by atoms with Crippen LogP contribution in [-0.4, -0.2) is 40.8 Å². The number of nitrogen functional groups attached to an aromatic ring is 1. The molecule has 1 heterocycles. The smallest absolute Gasteiger partial charge is 0.234 e. The van der Waals surface area contributed by atoms with Crippen LogP contribution in [-0.2, 0) is 11.4 Å². The van der Waals surface area contributed by atoms with Crippen molar-refractivity contribution in [1.29, 1.82) is 0 Å². The van der Waals surface area contributed by atoms with Gasteiger partial charge in [0.2, 0.25) is 11.1 Å². The number of thioether (sulfide) groups is 1. The number of ether oxygens (including phenoxy) is 3. The van der Waals surface area contributed by atoms with E-state index in [2.05, 4.69) is 15.5 Å². The molecule has 1 amide bonds. The molecule has 0 saturated carbocycles. The number of nitrogens with two attached hydrogens (primary N) is 1. The first kappa shape index (κ1) is 21.6. The highest BCUT2D eigenvalue weighted by atomic mass is 35.5. The number of rotatable bonds is 9. The second-order valence-electron chi connectivity index (χ2n) is 5.92. The minimum absolute atomic E-state index is 0.0712. The first-order valence-electron chi connectivity index (χ1n) is 8.72. The van der Waals surface area contributed by atoms with E-state index in [1.54, 1.807) is 37.4 Å². The maximum Gasteiger partial charge on any atom is 0.234 e. The molecular formula is C19H20ClN5O4S. The molecule has 3 rings (SSSR count). The lowest BCUT2D eigenvalue weighted by Gasteiger charge is -2.10. The van der Waals surface area contributed by atoms with Crippen LogP contribution < -0.4 is 25.4 Å². The van der Waals surface area contributed by atoms with Crippen molar-refractivity contribution in [3.63, 3.8) is 0 Å². The van der Waals surface area contributed by atoms with Crippen molar-refractivity contribution < 1.29 is 19.0 Å². The van der Waals surface area contributed by atoms with Gasteiger partial charge >= 0.3 is 0 Å². The zero-order chi connectivity index (χ0) is 21.5. The molecule has 0 aliphatic rings. The Labute approximate surface area is 182 Å². The van der Waals surface area contributed by atoms with Crippen molar-refractivity contribution >= 4 is 35.0 Å². The molecule has 11 heteroatoms. The van der Waals surface area contributed by atoms with Crippen LogP contribution in [0.5, 0.6) is 17.2 Å². The third-order valence-corrected chi connectivity index (χ3v) is 5.09. The van der Waals surface area contributed by atoms with Crippen molar-refractivity contribution in [2.24, 2.45) is 0 Å². The van der Waals surface area contributed by atoms with E-state index in [4.69, 9.17) is 31.7 Å². The Balaban J connectivity index is 1.56. The van der Waals surface area contributed by atoms with E-state index in [0.29, 0.717) is 38.9 Å². The molecule has 0 radical (unpaired) electrons. The van der Waals surface area contributed by atoms with Crippen LogP contribution in [0.25, 0.3) is 0 Å². The molecule has 0 unspecified atom stereocenters. The standard InChI is InChI=1S/C19H20ClN5O4S/c1-27-13-4-3-5-14(9-13)29-10-17-23-24-19(25(17)21)30-11-18(26)22-15-8-12(20)6-7-16(15)28-2/h3-9H,10-11,21H2,1-2H3,(H,22,26). The maximum atomic E-state index is 12.3. The Morgan fingerprint density at radius 3 is 2.73 bits per heavy atom. The van der Waals surface area contributed by atoms with Gasteiger partial charge in [-0.15, -0.1) is 10.2 Å². The average molecular weight is 450 g/mol. The zero-order valence-corrected chi connectivity index (χ0v) is 17.9. The summed E-state index contributed by atoms with van der Waals surface area (Å²) in [7, 11) is 3.09. The van der Waals surface area contributed by atoms with Crippen LogP contribution in [0.15, 0.2) is 47.6 Å². The fourth-order valence-corrected chi connectivity index (χ4v) is 3.28. The van der Waals surface area contributed by atoms with Gasteiger partial charge in [-0.1, -0.05) is 29.4 Å². The van der Waals surface area contributed by atoms with Gasteiger partial charge in [0.1, 0.15) is 23.9 Å². The van der Waals surface area contributed by atoms with Crippen molar-refractivity contribution in [2.45, 2.75) is 11.8 Å². The number of hydrogen-bond acceptors (Lipinski definition) is 8. The van der Waals surface area contributed by atoms with Crippen LogP contribution >= 0.6 is 23.4 Å². The van der Waals surface area contributed by atoms with E-state index in [9.17, 15) is 4.79 Å². The Hall–Kier alpha value is -3.11. The van der Waals surface area contributed by atoms with E-state index >= 15 is 0 Å². The summed E-state index contributed by atoms with van der Waals surface area (Å²) in [5, 5.41) is 11.6. The first-order chi connectivity index (χ1) is 14.5. The third-order valence-electron chi connectivity index (χ3n) is 3.91. The molecule has 0 aliphatic carbocycles. The van der Waals surface area contributed by atoms with Gasteiger partial charge in [-0.2, -0.15) is 0 Å². The summed E-state index contributed by atoms with van der Waals surface area (Å²) in [5.74, 6) is 8.05. The number of methoxy groups -OCH3 is 2. The van der Waals surface area contributed by atoms with Gasteiger partial charge in [0.05, 0.1) is 25.7 Å². The topological polar surface area (TPSA) is 114 Å². The minimum Gasteiger partial charge on any atom is -0.497 e. The molecular weight excluding hydrogens is 430 g/mol. The Morgan fingerprint density at radius 2 is 1.97 bits per heavy atom. The second-order valence-corrected chi connectivity index (χ2v) is 7.30. The van der Waals surface area contributed by atoms with Gasteiger partial charge in [-0.25, -0.2) is 4.68 Å². The van der Waals surface area contributed by atoms with Gasteiger partial charge in [-0.05, 0) is 30.3 Å². The number of carbonyl (C=O) groups is 1. The predicted molar refractivity (Wildman–Crippen MR) is 115 cm³/mol. The molecule has 30 heavy (non-hydrogen) atoms. The van der Waals surface area contributed by atoms with Crippen molar-refractivity contribution in [2.75, 3.05) is 31.1 Å². The molecule has 0 fully saturated rings. The second kappa shape index (κ2) is 10.1. The maximum absolute atomic E-state index is 12.3. The SMILES string of the molecule is COc1cccc(OCc2nnc(SCC(=O)Nc3cc(Cl)ccc3OC)n2N)c1. The fourth-order valence-electron chi connectivity index (χ4n) is 2.44. The fraction of sp³-hybridized carbons (Fsp3) is 0.211. The van der Waals surface area contributed by atoms with E-state index in [1.807, 2.05) is 12.1 Å². The summed E-state index contributed by atoms with van der Waals surface area (Å²) in [6.07, 6.45) is 0. The molecule has 2 aromatic carbocycles. The lowest BCUT2D eigenvalue weighted by atomic mass is 10.3. The molecule has 1 aromatic heterocycles. The Morgan fingerprint density at radius 1 is 1.17 bits per heavy atom. The van der Waals surface area contributed by atoms with Gasteiger partial charge in [0, 0.05) is 11.1 Å². The number of benzene rings is 2. The summed E-state index contributed by atoms with van der Waals surface area (Å²) >= 11 is 7.12. The van der Waals surface area contributed by atoms with Crippen molar-refractivity contribution in [1.82, 2.24) is 14.9 Å². The number of aromatic nitrogens is 3. The largest absolute Gasteiger partial charge is 0.497 e. The lowest BCUT2D eigenvalue weighted by Crippen LogP contribution is -2.18. The molecule has 0 spiro atoms. The number of nitrogens with one attached hydrogen (secondary N) is 1. The van der Waals surface area contributed by atoms with Gasteiger partial charge in [0.25, 0.3) is 0 Å². The molecule has 0 atom stereocenters. The molecule has 9 nitrogen and oxygen atoms in total. The van der Waals surface area contributed by atoms with Crippen LogP contribution in [0.2, 0.25) is 5.02 Å². The number of nitrogens with zero attached hydrogens (tertiary/aromatic N) is 3.